The fraction of sp³-hybridized carbons (Fsp3) is 0.250. The minimum atomic E-state index is -1.10. The molecule has 1 unspecified atom stereocenters. The van der Waals surface area contributed by atoms with Gasteiger partial charge in [-0.3, -0.25) is 9.20 Å². The molecule has 2 aromatic heterocycles. The molecule has 190 valence electrons. The van der Waals surface area contributed by atoms with Gasteiger partial charge >= 0.3 is 5.97 Å². The molecule has 1 aliphatic rings. The number of hydrogen-bond acceptors (Lipinski definition) is 6. The number of imidazole rings is 1. The molecular weight excluding hydrogens is 472 g/mol. The number of carboxylic acid groups (broad SMARTS) is 1. The van der Waals surface area contributed by atoms with Crippen molar-refractivity contribution in [2.75, 3.05) is 12.1 Å². The Bertz CT molecular complexity index is 1470. The van der Waals surface area contributed by atoms with Gasteiger partial charge in [-0.1, -0.05) is 30.3 Å². The van der Waals surface area contributed by atoms with Gasteiger partial charge in [0.15, 0.2) is 11.5 Å². The van der Waals surface area contributed by atoms with Crippen LogP contribution in [0.2, 0.25) is 0 Å². The van der Waals surface area contributed by atoms with Gasteiger partial charge in [-0.15, -0.1) is 0 Å². The molecule has 0 bridgehead atoms. The normalized spacial score (nSPS) is 13.4. The lowest BCUT2D eigenvalue weighted by Gasteiger charge is -2.22. The van der Waals surface area contributed by atoms with E-state index in [1.165, 1.54) is 0 Å². The van der Waals surface area contributed by atoms with Gasteiger partial charge in [0.1, 0.15) is 23.2 Å². The molecule has 4 aromatic rings. The first-order valence-electron chi connectivity index (χ1n) is 12.0. The summed E-state index contributed by atoms with van der Waals surface area (Å²) in [5.74, 6) is 0.514. The van der Waals surface area contributed by atoms with E-state index >= 15 is 0 Å². The van der Waals surface area contributed by atoms with Crippen molar-refractivity contribution < 1.29 is 24.2 Å². The highest BCUT2D eigenvalue weighted by atomic mass is 16.7. The Balaban J connectivity index is 1.48. The van der Waals surface area contributed by atoms with Crippen molar-refractivity contribution in [3.8, 4) is 22.8 Å². The number of nitrogens with zero attached hydrogens (tertiary/aromatic N) is 2. The molecule has 0 aliphatic carbocycles. The number of pyridine rings is 1. The van der Waals surface area contributed by atoms with Gasteiger partial charge in [0, 0.05) is 29.3 Å². The maximum Gasteiger partial charge on any atom is 0.326 e. The van der Waals surface area contributed by atoms with E-state index < -0.39 is 17.9 Å². The Hall–Kier alpha value is -4.53. The topological polar surface area (TPSA) is 114 Å². The summed E-state index contributed by atoms with van der Waals surface area (Å²) in [5, 5.41) is 15.8. The minimum Gasteiger partial charge on any atom is -0.480 e. The van der Waals surface area contributed by atoms with Crippen molar-refractivity contribution >= 4 is 23.3 Å². The molecule has 9 nitrogen and oxygen atoms in total. The van der Waals surface area contributed by atoms with E-state index in [2.05, 4.69) is 31.4 Å². The molecule has 0 saturated heterocycles. The average Bonchev–Trinajstić information content (AvgIpc) is 3.47. The summed E-state index contributed by atoms with van der Waals surface area (Å²) in [4.78, 5) is 29.7. The summed E-state index contributed by atoms with van der Waals surface area (Å²) in [7, 11) is 0. The van der Waals surface area contributed by atoms with Crippen LogP contribution in [-0.4, -0.2) is 44.7 Å². The van der Waals surface area contributed by atoms with Crippen LogP contribution in [0.3, 0.4) is 0 Å². The zero-order valence-electron chi connectivity index (χ0n) is 20.8. The van der Waals surface area contributed by atoms with Crippen molar-refractivity contribution in [1.82, 2.24) is 14.7 Å². The molecule has 37 heavy (non-hydrogen) atoms. The van der Waals surface area contributed by atoms with Gasteiger partial charge in [-0.25, -0.2) is 9.78 Å². The van der Waals surface area contributed by atoms with Crippen molar-refractivity contribution in [2.45, 2.75) is 38.8 Å². The lowest BCUT2D eigenvalue weighted by Crippen LogP contribution is -2.42. The first-order chi connectivity index (χ1) is 17.7. The highest BCUT2D eigenvalue weighted by Gasteiger charge is 2.24. The predicted molar refractivity (Wildman–Crippen MR) is 139 cm³/mol. The van der Waals surface area contributed by atoms with Crippen LogP contribution >= 0.6 is 0 Å². The number of carboxylic acids is 1. The number of aliphatic carboxylic acids is 1. The van der Waals surface area contributed by atoms with Gasteiger partial charge < -0.3 is 25.2 Å². The van der Waals surface area contributed by atoms with Gasteiger partial charge in [0.05, 0.1) is 0 Å². The number of rotatable bonds is 7. The number of hydrogen-bond donors (Lipinski definition) is 3. The Morgan fingerprint density at radius 2 is 1.81 bits per heavy atom. The Kier molecular flexibility index (Phi) is 6.20. The van der Waals surface area contributed by atoms with E-state index in [1.54, 1.807) is 18.3 Å². The van der Waals surface area contributed by atoms with Crippen LogP contribution < -0.4 is 20.1 Å². The Labute approximate surface area is 214 Å². The van der Waals surface area contributed by atoms with Crippen LogP contribution in [0.15, 0.2) is 66.9 Å². The van der Waals surface area contributed by atoms with Gasteiger partial charge in [-0.2, -0.15) is 0 Å². The molecule has 9 heteroatoms. The van der Waals surface area contributed by atoms with E-state index in [1.807, 2.05) is 52.9 Å². The van der Waals surface area contributed by atoms with E-state index in [9.17, 15) is 14.7 Å². The molecule has 0 spiro atoms. The first-order valence-corrected chi connectivity index (χ1v) is 12.0. The van der Waals surface area contributed by atoms with Crippen LogP contribution in [0, 0.1) is 0 Å². The summed E-state index contributed by atoms with van der Waals surface area (Å²) in [5.41, 5.74) is 2.95. The van der Waals surface area contributed by atoms with Crippen molar-refractivity contribution in [1.29, 1.82) is 0 Å². The lowest BCUT2D eigenvalue weighted by molar-refractivity contribution is -0.139. The number of nitrogens with one attached hydrogen (secondary N) is 2. The van der Waals surface area contributed by atoms with Gasteiger partial charge in [0.2, 0.25) is 6.79 Å². The van der Waals surface area contributed by atoms with E-state index in [0.29, 0.717) is 28.4 Å². The van der Waals surface area contributed by atoms with E-state index in [0.717, 1.165) is 16.9 Å². The summed E-state index contributed by atoms with van der Waals surface area (Å²) >= 11 is 0. The van der Waals surface area contributed by atoms with Gasteiger partial charge in [-0.05, 0) is 56.7 Å². The molecule has 1 amide bonds. The zero-order valence-corrected chi connectivity index (χ0v) is 20.8. The molecule has 3 heterocycles. The minimum absolute atomic E-state index is 0.178. The number of aromatic nitrogens is 2. The maximum absolute atomic E-state index is 13.1. The van der Waals surface area contributed by atoms with Crippen LogP contribution in [0.4, 0.5) is 5.82 Å². The van der Waals surface area contributed by atoms with Crippen molar-refractivity contribution in [2.24, 2.45) is 0 Å². The summed E-state index contributed by atoms with van der Waals surface area (Å²) in [6.45, 7) is 6.33. The second-order valence-electron chi connectivity index (χ2n) is 9.95. The summed E-state index contributed by atoms with van der Waals surface area (Å²) in [6.07, 6.45) is 1.94. The number of carbonyl (C=O) groups excluding carboxylic acids is 1. The van der Waals surface area contributed by atoms with E-state index in [-0.39, 0.29) is 18.8 Å². The smallest absolute Gasteiger partial charge is 0.326 e. The fourth-order valence-electron chi connectivity index (χ4n) is 4.20. The number of amides is 1. The highest BCUT2D eigenvalue weighted by Crippen LogP contribution is 2.38. The number of benzene rings is 2. The van der Waals surface area contributed by atoms with Crippen molar-refractivity contribution in [3.63, 3.8) is 0 Å². The number of anilines is 1. The second kappa shape index (κ2) is 9.50. The SMILES string of the molecule is CC(C)(C)Nc1c(-c2ccc3c(c2)OCO3)nc2cc(C(=O)NC(Cc3ccccc3)C(=O)O)ccn12. The van der Waals surface area contributed by atoms with Crippen LogP contribution in [0.1, 0.15) is 36.7 Å². The van der Waals surface area contributed by atoms with Crippen LogP contribution in [0.25, 0.3) is 16.9 Å². The molecule has 0 saturated carbocycles. The second-order valence-corrected chi connectivity index (χ2v) is 9.95. The Morgan fingerprint density at radius 3 is 2.54 bits per heavy atom. The highest BCUT2D eigenvalue weighted by molar-refractivity contribution is 5.97. The lowest BCUT2D eigenvalue weighted by atomic mass is 10.1. The van der Waals surface area contributed by atoms with Crippen LogP contribution in [0.5, 0.6) is 11.5 Å². The molecule has 3 N–H and O–H groups in total. The largest absolute Gasteiger partial charge is 0.480 e. The molecule has 1 atom stereocenters. The average molecular weight is 501 g/mol. The van der Waals surface area contributed by atoms with Crippen LogP contribution in [-0.2, 0) is 11.2 Å². The molecule has 2 aromatic carbocycles. The third-order valence-corrected chi connectivity index (χ3v) is 5.91. The first kappa shape index (κ1) is 24.2. The van der Waals surface area contributed by atoms with Gasteiger partial charge in [0.25, 0.3) is 5.91 Å². The molecule has 0 radical (unpaired) electrons. The standard InChI is InChI=1S/C28H28N4O5/c1-28(2,3)31-25-24(18-9-10-21-22(14-18)37-16-36-21)30-23-15-19(11-12-32(23)25)26(33)29-20(27(34)35)13-17-7-5-4-6-8-17/h4-12,14-15,20,31H,13,16H2,1-3H3,(H,29,33)(H,34,35). The number of ether oxygens (including phenoxy) is 2. The summed E-state index contributed by atoms with van der Waals surface area (Å²) < 4.78 is 12.9. The van der Waals surface area contributed by atoms with E-state index in [4.69, 9.17) is 14.5 Å². The predicted octanol–water partition coefficient (Wildman–Crippen LogP) is 4.37. The molecule has 1 aliphatic heterocycles. The fourth-order valence-corrected chi connectivity index (χ4v) is 4.20. The molecule has 0 fully saturated rings. The third kappa shape index (κ3) is 5.20. The zero-order chi connectivity index (χ0) is 26.2. The molecular formula is C28H28N4O5. The monoisotopic (exact) mass is 500 g/mol. The molecule has 5 rings (SSSR count). The third-order valence-electron chi connectivity index (χ3n) is 5.91. The van der Waals surface area contributed by atoms with Crippen molar-refractivity contribution in [3.05, 3.63) is 78.0 Å². The number of carbonyl (C=O) groups is 2. The summed E-state index contributed by atoms with van der Waals surface area (Å²) in [6, 6.07) is 17.1. The Morgan fingerprint density at radius 1 is 1.05 bits per heavy atom. The number of fused-ring (bicyclic) bond motifs is 2. The maximum atomic E-state index is 13.1. The quantitative estimate of drug-likeness (QED) is 0.345.